The minimum atomic E-state index is -5.00. The summed E-state index contributed by atoms with van der Waals surface area (Å²) in [6.45, 7) is 0.0345. The van der Waals surface area contributed by atoms with Gasteiger partial charge in [-0.3, -0.25) is 20.2 Å². The number of hydrogen-bond acceptors (Lipinski definition) is 7. The fourth-order valence-corrected chi connectivity index (χ4v) is 2.76. The van der Waals surface area contributed by atoms with Gasteiger partial charge in [0.15, 0.2) is 5.69 Å². The van der Waals surface area contributed by atoms with Gasteiger partial charge in [-0.05, 0) is 12.8 Å². The summed E-state index contributed by atoms with van der Waals surface area (Å²) in [5, 5.41) is 22.5. The van der Waals surface area contributed by atoms with Crippen molar-refractivity contribution in [2.75, 3.05) is 18.6 Å². The first-order valence-electron chi connectivity index (χ1n) is 6.96. The Kier molecular flexibility index (Phi) is 4.81. The van der Waals surface area contributed by atoms with E-state index in [1.54, 1.807) is 0 Å². The molecule has 0 spiro atoms. The Morgan fingerprint density at radius 3 is 2.16 bits per heavy atom. The first-order valence-corrected chi connectivity index (χ1v) is 6.96. The van der Waals surface area contributed by atoms with E-state index in [1.807, 2.05) is 0 Å². The number of ether oxygens (including phenoxy) is 1. The van der Waals surface area contributed by atoms with Crippen molar-refractivity contribution in [1.82, 2.24) is 0 Å². The third-order valence-corrected chi connectivity index (χ3v) is 3.80. The molecule has 2 rings (SSSR count). The number of esters is 1. The van der Waals surface area contributed by atoms with Crippen molar-refractivity contribution in [2.45, 2.75) is 25.1 Å². The topological polar surface area (TPSA) is 116 Å². The number of hydrogen-bond donors (Lipinski definition) is 0. The molecule has 0 aliphatic carbocycles. The average molecular weight is 363 g/mol. The van der Waals surface area contributed by atoms with Crippen molar-refractivity contribution in [3.8, 4) is 0 Å². The third kappa shape index (κ3) is 3.46. The van der Waals surface area contributed by atoms with Gasteiger partial charge in [0.05, 0.1) is 22.5 Å². The average Bonchev–Trinajstić information content (AvgIpc) is 3.00. The van der Waals surface area contributed by atoms with E-state index in [0.717, 1.165) is 12.0 Å². The number of alkyl halides is 3. The molecule has 1 atom stereocenters. The molecular weight excluding hydrogens is 351 g/mol. The summed E-state index contributed by atoms with van der Waals surface area (Å²) in [5.41, 5.74) is -4.31. The van der Waals surface area contributed by atoms with Crippen molar-refractivity contribution in [3.63, 3.8) is 0 Å². The molecule has 1 heterocycles. The van der Waals surface area contributed by atoms with Crippen LogP contribution in [0.3, 0.4) is 0 Å². The highest BCUT2D eigenvalue weighted by atomic mass is 19.4. The Morgan fingerprint density at radius 1 is 1.24 bits per heavy atom. The molecule has 1 aromatic carbocycles. The molecular formula is C13H12F3N3O6. The van der Waals surface area contributed by atoms with Crippen molar-refractivity contribution < 1.29 is 32.5 Å². The smallest absolute Gasteiger partial charge is 0.416 e. The molecule has 9 nitrogen and oxygen atoms in total. The van der Waals surface area contributed by atoms with Crippen molar-refractivity contribution >= 4 is 23.0 Å². The second-order valence-corrected chi connectivity index (χ2v) is 5.25. The van der Waals surface area contributed by atoms with E-state index < -0.39 is 50.7 Å². The number of nitrogens with zero attached hydrogens (tertiary/aromatic N) is 3. The van der Waals surface area contributed by atoms with E-state index in [4.69, 9.17) is 0 Å². The molecule has 0 bridgehead atoms. The predicted molar refractivity (Wildman–Crippen MR) is 77.1 cm³/mol. The lowest BCUT2D eigenvalue weighted by molar-refractivity contribution is -0.393. The second kappa shape index (κ2) is 6.53. The molecule has 25 heavy (non-hydrogen) atoms. The minimum absolute atomic E-state index is 0.0345. The number of rotatable bonds is 4. The Bertz CT molecular complexity index is 701. The number of carbonyl (C=O) groups excluding carboxylic acids is 1. The Hall–Kier alpha value is -2.92. The molecule has 0 unspecified atom stereocenters. The summed E-state index contributed by atoms with van der Waals surface area (Å²) in [5.74, 6) is -0.777. The summed E-state index contributed by atoms with van der Waals surface area (Å²) >= 11 is 0. The number of nitro groups is 2. The fraction of sp³-hybridized carbons (Fsp3) is 0.462. The fourth-order valence-electron chi connectivity index (χ4n) is 2.76. The maximum absolute atomic E-state index is 12.9. The molecule has 0 N–H and O–H groups in total. The molecule has 0 amide bonds. The zero-order valence-electron chi connectivity index (χ0n) is 12.8. The molecule has 0 saturated carbocycles. The molecule has 0 aromatic heterocycles. The summed E-state index contributed by atoms with van der Waals surface area (Å²) < 4.78 is 43.3. The summed E-state index contributed by atoms with van der Waals surface area (Å²) in [6.07, 6.45) is -4.42. The van der Waals surface area contributed by atoms with Crippen LogP contribution in [0.25, 0.3) is 0 Å². The maximum atomic E-state index is 12.9. The lowest BCUT2D eigenvalue weighted by Crippen LogP contribution is -2.37. The Labute approximate surface area is 138 Å². The first-order chi connectivity index (χ1) is 11.6. The lowest BCUT2D eigenvalue weighted by Gasteiger charge is -2.24. The standard InChI is InChI=1S/C13H12F3N3O6/c1-25-12(20)8-3-2-4-17(8)11-9(18(21)22)5-7(13(14,15)16)6-10(11)19(23)24/h5-6,8H,2-4H2,1H3/t8-/m0/s1. The molecule has 0 radical (unpaired) electrons. The highest BCUT2D eigenvalue weighted by Gasteiger charge is 2.43. The van der Waals surface area contributed by atoms with Gasteiger partial charge in [0, 0.05) is 18.7 Å². The van der Waals surface area contributed by atoms with E-state index in [1.165, 1.54) is 0 Å². The van der Waals surface area contributed by atoms with Gasteiger partial charge in [-0.2, -0.15) is 13.2 Å². The van der Waals surface area contributed by atoms with E-state index in [-0.39, 0.29) is 25.1 Å². The number of halogens is 3. The number of carbonyl (C=O) groups is 1. The van der Waals surface area contributed by atoms with Crippen molar-refractivity contribution in [2.24, 2.45) is 0 Å². The van der Waals surface area contributed by atoms with Crippen LogP contribution in [0.1, 0.15) is 18.4 Å². The molecule has 1 aromatic rings. The van der Waals surface area contributed by atoms with Crippen LogP contribution in [0.2, 0.25) is 0 Å². The molecule has 136 valence electrons. The Balaban J connectivity index is 2.73. The predicted octanol–water partition coefficient (Wildman–Crippen LogP) is 2.66. The largest absolute Gasteiger partial charge is 0.467 e. The van der Waals surface area contributed by atoms with Gasteiger partial charge in [0.2, 0.25) is 0 Å². The summed E-state index contributed by atoms with van der Waals surface area (Å²) in [6, 6.07) is -0.580. The van der Waals surface area contributed by atoms with Gasteiger partial charge in [0.1, 0.15) is 6.04 Å². The van der Waals surface area contributed by atoms with E-state index in [0.29, 0.717) is 6.42 Å². The molecule has 1 saturated heterocycles. The van der Waals surface area contributed by atoms with Gasteiger partial charge in [-0.25, -0.2) is 4.79 Å². The van der Waals surface area contributed by atoms with Crippen molar-refractivity contribution in [3.05, 3.63) is 37.9 Å². The number of nitro benzene ring substituents is 2. The van der Waals surface area contributed by atoms with Crippen LogP contribution in [-0.2, 0) is 15.7 Å². The van der Waals surface area contributed by atoms with Crippen molar-refractivity contribution in [1.29, 1.82) is 0 Å². The van der Waals surface area contributed by atoms with Gasteiger partial charge in [-0.1, -0.05) is 0 Å². The number of methoxy groups -OCH3 is 1. The third-order valence-electron chi connectivity index (χ3n) is 3.80. The highest BCUT2D eigenvalue weighted by molar-refractivity contribution is 5.86. The molecule has 12 heteroatoms. The van der Waals surface area contributed by atoms with Crippen LogP contribution in [0, 0.1) is 20.2 Å². The minimum Gasteiger partial charge on any atom is -0.467 e. The molecule has 1 aliphatic rings. The van der Waals surface area contributed by atoms with Crippen LogP contribution >= 0.6 is 0 Å². The summed E-state index contributed by atoms with van der Waals surface area (Å²) in [7, 11) is 1.08. The monoisotopic (exact) mass is 363 g/mol. The van der Waals surface area contributed by atoms with Gasteiger partial charge in [0.25, 0.3) is 11.4 Å². The van der Waals surface area contributed by atoms with Gasteiger partial charge < -0.3 is 9.64 Å². The van der Waals surface area contributed by atoms with Crippen LogP contribution in [0.5, 0.6) is 0 Å². The number of anilines is 1. The van der Waals surface area contributed by atoms with E-state index in [9.17, 15) is 38.2 Å². The van der Waals surface area contributed by atoms with Gasteiger partial charge in [-0.15, -0.1) is 0 Å². The maximum Gasteiger partial charge on any atom is 0.416 e. The van der Waals surface area contributed by atoms with Gasteiger partial charge >= 0.3 is 12.1 Å². The van der Waals surface area contributed by atoms with Crippen LogP contribution in [-0.4, -0.2) is 35.5 Å². The van der Waals surface area contributed by atoms with Crippen LogP contribution in [0.4, 0.5) is 30.2 Å². The molecule has 1 aliphatic heterocycles. The molecule has 1 fully saturated rings. The SMILES string of the molecule is COC(=O)[C@@H]1CCCN1c1c([N+](=O)[O-])cc(C(F)(F)F)cc1[N+](=O)[O-]. The zero-order chi connectivity index (χ0) is 18.9. The number of benzene rings is 1. The highest BCUT2D eigenvalue weighted by Crippen LogP contribution is 2.45. The van der Waals surface area contributed by atoms with Crippen LogP contribution in [0.15, 0.2) is 12.1 Å². The van der Waals surface area contributed by atoms with E-state index >= 15 is 0 Å². The normalized spacial score (nSPS) is 17.4. The lowest BCUT2D eigenvalue weighted by atomic mass is 10.1. The quantitative estimate of drug-likeness (QED) is 0.459. The first kappa shape index (κ1) is 18.4. The van der Waals surface area contributed by atoms with Crippen LogP contribution < -0.4 is 4.90 Å². The summed E-state index contributed by atoms with van der Waals surface area (Å²) in [4.78, 5) is 33.1. The Morgan fingerprint density at radius 2 is 1.76 bits per heavy atom. The zero-order valence-corrected chi connectivity index (χ0v) is 12.8. The van der Waals surface area contributed by atoms with E-state index in [2.05, 4.69) is 4.74 Å². The second-order valence-electron chi connectivity index (χ2n) is 5.25.